The first kappa shape index (κ1) is 13.4. The number of nitrogens with zero attached hydrogens (tertiary/aromatic N) is 1. The average Bonchev–Trinajstić information content (AvgIpc) is 2.64. The lowest BCUT2D eigenvalue weighted by Gasteiger charge is -2.24. The molecule has 1 aromatic rings. The van der Waals surface area contributed by atoms with Gasteiger partial charge in [0.15, 0.2) is 0 Å². The van der Waals surface area contributed by atoms with Gasteiger partial charge in [-0.05, 0) is 31.7 Å². The third-order valence-electron chi connectivity index (χ3n) is 2.98. The number of thioether (sulfide) groups is 1. The van der Waals surface area contributed by atoms with Gasteiger partial charge in [0.1, 0.15) is 11.2 Å². The molecule has 1 aliphatic rings. The largest absolute Gasteiger partial charge is 0.324 e. The molecule has 1 aliphatic heterocycles. The van der Waals surface area contributed by atoms with E-state index in [1.807, 2.05) is 24.9 Å². The Morgan fingerprint density at radius 3 is 2.94 bits per heavy atom. The van der Waals surface area contributed by atoms with Crippen LogP contribution in [0, 0.1) is 5.82 Å². The number of nitrogens with one attached hydrogen (secondary N) is 1. The molecule has 2 rings (SSSR count). The standard InChI is InChI=1S/C13H17FN2OS/c1-9-12(17)16(7-6-15-2)13(18-9)10-4-3-5-11(14)8-10/h3-5,8-9,13,15H,6-7H2,1-2H3. The number of amides is 1. The molecule has 3 nitrogen and oxygen atoms in total. The fourth-order valence-corrected chi connectivity index (χ4v) is 3.35. The van der Waals surface area contributed by atoms with Crippen molar-refractivity contribution in [1.29, 1.82) is 0 Å². The summed E-state index contributed by atoms with van der Waals surface area (Å²) in [5, 5.41) is 2.90. The fraction of sp³-hybridized carbons (Fsp3) is 0.462. The number of halogens is 1. The van der Waals surface area contributed by atoms with Crippen LogP contribution in [0.4, 0.5) is 4.39 Å². The second-order valence-corrected chi connectivity index (χ2v) is 5.75. The van der Waals surface area contributed by atoms with Crippen molar-refractivity contribution in [3.63, 3.8) is 0 Å². The van der Waals surface area contributed by atoms with E-state index >= 15 is 0 Å². The van der Waals surface area contributed by atoms with E-state index in [2.05, 4.69) is 5.32 Å². The molecule has 0 saturated carbocycles. The third-order valence-corrected chi connectivity index (χ3v) is 4.38. The molecular weight excluding hydrogens is 251 g/mol. The van der Waals surface area contributed by atoms with Gasteiger partial charge in [-0.25, -0.2) is 4.39 Å². The van der Waals surface area contributed by atoms with Gasteiger partial charge in [0.05, 0.1) is 5.25 Å². The highest BCUT2D eigenvalue weighted by Crippen LogP contribution is 2.42. The van der Waals surface area contributed by atoms with Crippen LogP contribution < -0.4 is 5.32 Å². The minimum atomic E-state index is -0.256. The summed E-state index contributed by atoms with van der Waals surface area (Å²) in [5.74, 6) is -0.127. The first-order valence-corrected chi connectivity index (χ1v) is 6.93. The molecule has 1 N–H and O–H groups in total. The number of benzene rings is 1. The van der Waals surface area contributed by atoms with Gasteiger partial charge in [0, 0.05) is 13.1 Å². The molecular formula is C13H17FN2OS. The summed E-state index contributed by atoms with van der Waals surface area (Å²) in [7, 11) is 1.86. The predicted molar refractivity (Wildman–Crippen MR) is 71.8 cm³/mol. The lowest BCUT2D eigenvalue weighted by molar-refractivity contribution is -0.129. The zero-order chi connectivity index (χ0) is 13.1. The lowest BCUT2D eigenvalue weighted by Crippen LogP contribution is -2.35. The lowest BCUT2D eigenvalue weighted by atomic mass is 10.2. The number of carbonyl (C=O) groups excluding carboxylic acids is 1. The van der Waals surface area contributed by atoms with Crippen molar-refractivity contribution in [2.75, 3.05) is 20.1 Å². The Labute approximate surface area is 111 Å². The Morgan fingerprint density at radius 1 is 1.50 bits per heavy atom. The van der Waals surface area contributed by atoms with Gasteiger partial charge in [-0.2, -0.15) is 0 Å². The number of carbonyl (C=O) groups is 1. The maximum atomic E-state index is 13.3. The molecule has 0 aromatic heterocycles. The van der Waals surface area contributed by atoms with E-state index in [-0.39, 0.29) is 22.3 Å². The zero-order valence-electron chi connectivity index (χ0n) is 10.5. The summed E-state index contributed by atoms with van der Waals surface area (Å²) in [6.07, 6.45) is 0. The van der Waals surface area contributed by atoms with E-state index in [1.165, 1.54) is 12.1 Å². The Balaban J connectivity index is 2.22. The van der Waals surface area contributed by atoms with Crippen LogP contribution in [-0.4, -0.2) is 36.2 Å². The molecule has 1 amide bonds. The topological polar surface area (TPSA) is 32.3 Å². The number of hydrogen-bond acceptors (Lipinski definition) is 3. The van der Waals surface area contributed by atoms with Crippen molar-refractivity contribution >= 4 is 17.7 Å². The quantitative estimate of drug-likeness (QED) is 0.906. The van der Waals surface area contributed by atoms with E-state index < -0.39 is 0 Å². The summed E-state index contributed by atoms with van der Waals surface area (Å²) < 4.78 is 13.3. The van der Waals surface area contributed by atoms with Gasteiger partial charge in [0.2, 0.25) is 5.91 Å². The van der Waals surface area contributed by atoms with Crippen LogP contribution in [-0.2, 0) is 4.79 Å². The van der Waals surface area contributed by atoms with Crippen LogP contribution >= 0.6 is 11.8 Å². The van der Waals surface area contributed by atoms with E-state index in [1.54, 1.807) is 17.8 Å². The second kappa shape index (κ2) is 5.71. The van der Waals surface area contributed by atoms with Gasteiger partial charge in [-0.3, -0.25) is 4.79 Å². The summed E-state index contributed by atoms with van der Waals surface area (Å²) in [6, 6.07) is 6.50. The van der Waals surface area contributed by atoms with Crippen LogP contribution in [0.25, 0.3) is 0 Å². The highest BCUT2D eigenvalue weighted by atomic mass is 32.2. The molecule has 18 heavy (non-hydrogen) atoms. The van der Waals surface area contributed by atoms with Crippen molar-refractivity contribution in [1.82, 2.24) is 10.2 Å². The molecule has 2 atom stereocenters. The molecule has 0 spiro atoms. The molecule has 1 fully saturated rings. The van der Waals surface area contributed by atoms with Crippen molar-refractivity contribution in [3.05, 3.63) is 35.6 Å². The smallest absolute Gasteiger partial charge is 0.236 e. The van der Waals surface area contributed by atoms with Gasteiger partial charge in [0.25, 0.3) is 0 Å². The molecule has 0 bridgehead atoms. The van der Waals surface area contributed by atoms with Crippen LogP contribution in [0.1, 0.15) is 17.9 Å². The zero-order valence-corrected chi connectivity index (χ0v) is 11.3. The Kier molecular flexibility index (Phi) is 4.24. The van der Waals surface area contributed by atoms with Crippen LogP contribution in [0.3, 0.4) is 0 Å². The average molecular weight is 268 g/mol. The first-order valence-electron chi connectivity index (χ1n) is 5.99. The number of rotatable bonds is 4. The predicted octanol–water partition coefficient (Wildman–Crippen LogP) is 2.01. The minimum Gasteiger partial charge on any atom is -0.324 e. The third kappa shape index (κ3) is 2.67. The van der Waals surface area contributed by atoms with Crippen LogP contribution in [0.5, 0.6) is 0 Å². The van der Waals surface area contributed by atoms with Gasteiger partial charge >= 0.3 is 0 Å². The minimum absolute atomic E-state index is 0.0601. The summed E-state index contributed by atoms with van der Waals surface area (Å²) in [4.78, 5) is 13.9. The Hall–Kier alpha value is -1.07. The molecule has 0 radical (unpaired) electrons. The normalized spacial score (nSPS) is 23.7. The van der Waals surface area contributed by atoms with Gasteiger partial charge in [-0.15, -0.1) is 11.8 Å². The number of likely N-dealkylation sites (N-methyl/N-ethyl adjacent to an activating group) is 1. The van der Waals surface area contributed by atoms with Crippen molar-refractivity contribution < 1.29 is 9.18 Å². The monoisotopic (exact) mass is 268 g/mol. The highest BCUT2D eigenvalue weighted by Gasteiger charge is 2.37. The Bertz CT molecular complexity index is 441. The number of hydrogen-bond donors (Lipinski definition) is 1. The van der Waals surface area contributed by atoms with Crippen molar-refractivity contribution in [3.8, 4) is 0 Å². The molecule has 1 aromatic carbocycles. The van der Waals surface area contributed by atoms with Gasteiger partial charge in [-0.1, -0.05) is 12.1 Å². The SMILES string of the molecule is CNCCN1C(=O)C(C)SC1c1cccc(F)c1. The maximum Gasteiger partial charge on any atom is 0.236 e. The highest BCUT2D eigenvalue weighted by molar-refractivity contribution is 8.01. The molecule has 1 heterocycles. The summed E-state index contributed by atoms with van der Waals surface area (Å²) >= 11 is 1.58. The van der Waals surface area contributed by atoms with Crippen molar-refractivity contribution in [2.45, 2.75) is 17.5 Å². The molecule has 5 heteroatoms. The molecule has 2 unspecified atom stereocenters. The van der Waals surface area contributed by atoms with E-state index in [0.717, 1.165) is 12.1 Å². The molecule has 0 aliphatic carbocycles. The molecule has 1 saturated heterocycles. The van der Waals surface area contributed by atoms with E-state index in [9.17, 15) is 9.18 Å². The van der Waals surface area contributed by atoms with Crippen molar-refractivity contribution in [2.24, 2.45) is 0 Å². The summed E-state index contributed by atoms with van der Waals surface area (Å²) in [5.41, 5.74) is 0.855. The van der Waals surface area contributed by atoms with Crippen LogP contribution in [0.15, 0.2) is 24.3 Å². The Morgan fingerprint density at radius 2 is 2.28 bits per heavy atom. The van der Waals surface area contributed by atoms with E-state index in [4.69, 9.17) is 0 Å². The fourth-order valence-electron chi connectivity index (χ4n) is 2.05. The molecule has 98 valence electrons. The second-order valence-electron chi connectivity index (χ2n) is 4.32. The summed E-state index contributed by atoms with van der Waals surface area (Å²) in [6.45, 7) is 3.29. The van der Waals surface area contributed by atoms with E-state index in [0.29, 0.717) is 6.54 Å². The van der Waals surface area contributed by atoms with Gasteiger partial charge < -0.3 is 10.2 Å². The maximum absolute atomic E-state index is 13.3. The van der Waals surface area contributed by atoms with Crippen LogP contribution in [0.2, 0.25) is 0 Å². The first-order chi connectivity index (χ1) is 8.63.